The van der Waals surface area contributed by atoms with Crippen LogP contribution in [-0.2, 0) is 4.74 Å². The number of ether oxygens (including phenoxy) is 1. The lowest BCUT2D eigenvalue weighted by Crippen LogP contribution is -2.17. The molecule has 0 saturated carbocycles. The second-order valence-corrected chi connectivity index (χ2v) is 4.20. The van der Waals surface area contributed by atoms with Crippen molar-refractivity contribution in [3.63, 3.8) is 0 Å². The average molecular weight is 238 g/mol. The van der Waals surface area contributed by atoms with Crippen molar-refractivity contribution in [1.82, 2.24) is 9.97 Å². The van der Waals surface area contributed by atoms with Crippen LogP contribution in [0.15, 0.2) is 6.20 Å². The predicted molar refractivity (Wildman–Crippen MR) is 70.5 cm³/mol. The normalized spacial score (nSPS) is 12.2. The average Bonchev–Trinajstić information content (AvgIpc) is 2.30. The summed E-state index contributed by atoms with van der Waals surface area (Å²) in [6.07, 6.45) is 1.83. The van der Waals surface area contributed by atoms with E-state index in [2.05, 4.69) is 27.5 Å². The van der Waals surface area contributed by atoms with Crippen molar-refractivity contribution in [1.29, 1.82) is 0 Å². The molecule has 1 atom stereocenters. The molecule has 0 spiro atoms. The first-order chi connectivity index (χ1) is 8.17. The van der Waals surface area contributed by atoms with Gasteiger partial charge >= 0.3 is 0 Å². The van der Waals surface area contributed by atoms with Gasteiger partial charge in [-0.1, -0.05) is 6.92 Å². The molecule has 0 aliphatic rings. The Bertz CT molecular complexity index is 343. The van der Waals surface area contributed by atoms with Crippen LogP contribution < -0.4 is 10.6 Å². The molecule has 17 heavy (non-hydrogen) atoms. The third kappa shape index (κ3) is 4.56. The van der Waals surface area contributed by atoms with Crippen LogP contribution in [0.25, 0.3) is 0 Å². The van der Waals surface area contributed by atoms with Gasteiger partial charge in [-0.25, -0.2) is 4.98 Å². The first kappa shape index (κ1) is 13.7. The molecule has 0 amide bonds. The number of nitrogens with zero attached hydrogens (tertiary/aromatic N) is 2. The summed E-state index contributed by atoms with van der Waals surface area (Å²) in [5, 5.41) is 6.43. The molecule has 5 heteroatoms. The monoisotopic (exact) mass is 238 g/mol. The Kier molecular flexibility index (Phi) is 5.69. The van der Waals surface area contributed by atoms with Crippen molar-refractivity contribution in [2.24, 2.45) is 5.92 Å². The first-order valence-electron chi connectivity index (χ1n) is 5.97. The Hall–Kier alpha value is -1.36. The molecule has 1 rings (SSSR count). The van der Waals surface area contributed by atoms with Crippen molar-refractivity contribution in [2.75, 3.05) is 37.4 Å². The molecule has 2 N–H and O–H groups in total. The van der Waals surface area contributed by atoms with Gasteiger partial charge in [0.25, 0.3) is 0 Å². The van der Waals surface area contributed by atoms with Crippen LogP contribution in [-0.4, -0.2) is 36.8 Å². The maximum absolute atomic E-state index is 5.10. The fourth-order valence-corrected chi connectivity index (χ4v) is 1.48. The molecule has 0 fully saturated rings. The van der Waals surface area contributed by atoms with Crippen molar-refractivity contribution in [3.8, 4) is 0 Å². The van der Waals surface area contributed by atoms with Crippen LogP contribution in [0.5, 0.6) is 0 Å². The highest BCUT2D eigenvalue weighted by atomic mass is 16.5. The molecule has 0 bridgehead atoms. The first-order valence-corrected chi connectivity index (χ1v) is 5.97. The van der Waals surface area contributed by atoms with Crippen LogP contribution >= 0.6 is 0 Å². The van der Waals surface area contributed by atoms with E-state index in [1.165, 1.54) is 0 Å². The van der Waals surface area contributed by atoms with Crippen molar-refractivity contribution >= 4 is 11.8 Å². The van der Waals surface area contributed by atoms with Gasteiger partial charge in [0.2, 0.25) is 5.95 Å². The molecule has 0 aromatic carbocycles. The van der Waals surface area contributed by atoms with E-state index in [-0.39, 0.29) is 0 Å². The van der Waals surface area contributed by atoms with Gasteiger partial charge in [-0.2, -0.15) is 4.98 Å². The van der Waals surface area contributed by atoms with Crippen LogP contribution in [0, 0.1) is 12.8 Å². The third-order valence-corrected chi connectivity index (χ3v) is 2.38. The Morgan fingerprint density at radius 1 is 1.41 bits per heavy atom. The van der Waals surface area contributed by atoms with E-state index in [0.29, 0.717) is 11.9 Å². The van der Waals surface area contributed by atoms with Gasteiger partial charge in [-0.05, 0) is 19.8 Å². The minimum atomic E-state index is 0.456. The molecule has 0 radical (unpaired) electrons. The highest BCUT2D eigenvalue weighted by Crippen LogP contribution is 2.13. The minimum Gasteiger partial charge on any atom is -0.384 e. The second-order valence-electron chi connectivity index (χ2n) is 4.20. The maximum Gasteiger partial charge on any atom is 0.224 e. The zero-order valence-electron chi connectivity index (χ0n) is 11.1. The number of rotatable bonds is 7. The van der Waals surface area contributed by atoms with Crippen LogP contribution in [0.1, 0.15) is 19.4 Å². The summed E-state index contributed by atoms with van der Waals surface area (Å²) in [7, 11) is 1.72. The second kappa shape index (κ2) is 7.06. The number of nitrogens with one attached hydrogen (secondary N) is 2. The Morgan fingerprint density at radius 2 is 2.18 bits per heavy atom. The summed E-state index contributed by atoms with van der Waals surface area (Å²) in [4.78, 5) is 8.63. The molecule has 5 nitrogen and oxygen atoms in total. The quantitative estimate of drug-likeness (QED) is 0.760. The van der Waals surface area contributed by atoms with E-state index in [9.17, 15) is 0 Å². The fraction of sp³-hybridized carbons (Fsp3) is 0.667. The Labute approximate surface area is 103 Å². The maximum atomic E-state index is 5.10. The topological polar surface area (TPSA) is 59.1 Å². The number of hydrogen-bond donors (Lipinski definition) is 2. The van der Waals surface area contributed by atoms with Crippen LogP contribution in [0.3, 0.4) is 0 Å². The summed E-state index contributed by atoms with van der Waals surface area (Å²) < 4.78 is 5.10. The van der Waals surface area contributed by atoms with E-state index in [1.807, 2.05) is 20.0 Å². The third-order valence-electron chi connectivity index (χ3n) is 2.38. The molecule has 0 aliphatic carbocycles. The summed E-state index contributed by atoms with van der Waals surface area (Å²) in [5.74, 6) is 2.01. The summed E-state index contributed by atoms with van der Waals surface area (Å²) in [6, 6.07) is 0. The van der Waals surface area contributed by atoms with E-state index < -0.39 is 0 Å². The van der Waals surface area contributed by atoms with Gasteiger partial charge in [-0.15, -0.1) is 0 Å². The van der Waals surface area contributed by atoms with Crippen molar-refractivity contribution in [3.05, 3.63) is 11.8 Å². The molecule has 1 heterocycles. The summed E-state index contributed by atoms with van der Waals surface area (Å²) in [5.41, 5.74) is 1.05. The van der Waals surface area contributed by atoms with Crippen LogP contribution in [0.2, 0.25) is 0 Å². The lowest BCUT2D eigenvalue weighted by molar-refractivity contribution is 0.164. The number of methoxy groups -OCH3 is 1. The molecular formula is C12H22N4O. The lowest BCUT2D eigenvalue weighted by Gasteiger charge is -2.14. The molecule has 1 aromatic rings. The van der Waals surface area contributed by atoms with E-state index in [4.69, 9.17) is 4.74 Å². The van der Waals surface area contributed by atoms with Gasteiger partial charge in [0.05, 0.1) is 6.61 Å². The minimum absolute atomic E-state index is 0.456. The number of hydrogen-bond acceptors (Lipinski definition) is 5. The fourth-order valence-electron chi connectivity index (χ4n) is 1.48. The molecular weight excluding hydrogens is 216 g/mol. The number of anilines is 2. The van der Waals surface area contributed by atoms with Gasteiger partial charge in [0.15, 0.2) is 0 Å². The molecule has 1 unspecified atom stereocenters. The van der Waals surface area contributed by atoms with Gasteiger partial charge in [0, 0.05) is 32.0 Å². The largest absolute Gasteiger partial charge is 0.384 e. The highest BCUT2D eigenvalue weighted by Gasteiger charge is 2.05. The molecule has 0 aliphatic heterocycles. The smallest absolute Gasteiger partial charge is 0.224 e. The van der Waals surface area contributed by atoms with E-state index >= 15 is 0 Å². The van der Waals surface area contributed by atoms with Crippen LogP contribution in [0.4, 0.5) is 11.8 Å². The Morgan fingerprint density at radius 3 is 2.82 bits per heavy atom. The van der Waals surface area contributed by atoms with Crippen molar-refractivity contribution in [2.45, 2.75) is 20.8 Å². The standard InChI is InChI=1S/C12H22N4O/c1-5-13-12-15-7-10(3)11(16-12)14-6-9(2)8-17-4/h7,9H,5-6,8H2,1-4H3,(H2,13,14,15,16). The number of aryl methyl sites for hydroxylation is 1. The SMILES string of the molecule is CCNc1ncc(C)c(NCC(C)COC)n1. The van der Waals surface area contributed by atoms with Crippen molar-refractivity contribution < 1.29 is 4.74 Å². The summed E-state index contributed by atoms with van der Waals surface area (Å²) >= 11 is 0. The number of aromatic nitrogens is 2. The summed E-state index contributed by atoms with van der Waals surface area (Å²) in [6.45, 7) is 8.57. The van der Waals surface area contributed by atoms with Gasteiger partial charge in [0.1, 0.15) is 5.82 Å². The van der Waals surface area contributed by atoms with Gasteiger partial charge in [-0.3, -0.25) is 0 Å². The zero-order chi connectivity index (χ0) is 12.7. The van der Waals surface area contributed by atoms with E-state index in [0.717, 1.165) is 31.1 Å². The van der Waals surface area contributed by atoms with Gasteiger partial charge < -0.3 is 15.4 Å². The molecule has 96 valence electrons. The highest BCUT2D eigenvalue weighted by molar-refractivity contribution is 5.46. The molecule has 0 saturated heterocycles. The molecule has 1 aromatic heterocycles. The Balaban J connectivity index is 2.59. The predicted octanol–water partition coefficient (Wildman–Crippen LogP) is 1.91. The zero-order valence-corrected chi connectivity index (χ0v) is 11.1. The lowest BCUT2D eigenvalue weighted by atomic mass is 10.2. The van der Waals surface area contributed by atoms with E-state index in [1.54, 1.807) is 7.11 Å².